The zero-order chi connectivity index (χ0) is 12.1. The number of amides is 1. The summed E-state index contributed by atoms with van der Waals surface area (Å²) in [7, 11) is 1.66. The van der Waals surface area contributed by atoms with E-state index < -0.39 is 5.91 Å². The number of anilines is 1. The van der Waals surface area contributed by atoms with Crippen LogP contribution >= 0.6 is 0 Å². The lowest BCUT2D eigenvalue weighted by Gasteiger charge is -2.17. The topological polar surface area (TPSA) is 64.3 Å². The van der Waals surface area contributed by atoms with E-state index in [4.69, 9.17) is 10.5 Å². The molecule has 0 fully saturated rings. The molecule has 1 aromatic carbocycles. The van der Waals surface area contributed by atoms with E-state index in [1.165, 1.54) is 0 Å². The number of benzene rings is 1. The molecule has 0 aromatic heterocycles. The smallest absolute Gasteiger partial charge is 0.249 e. The van der Waals surface area contributed by atoms with Crippen LogP contribution in [0.5, 0.6) is 0 Å². The molecule has 1 unspecified atom stereocenters. The van der Waals surface area contributed by atoms with E-state index in [0.717, 1.165) is 11.3 Å². The van der Waals surface area contributed by atoms with Gasteiger partial charge in [0, 0.05) is 24.4 Å². The van der Waals surface area contributed by atoms with Crippen molar-refractivity contribution < 1.29 is 9.53 Å². The van der Waals surface area contributed by atoms with Gasteiger partial charge in [-0.25, -0.2) is 0 Å². The van der Waals surface area contributed by atoms with Gasteiger partial charge in [-0.2, -0.15) is 0 Å². The van der Waals surface area contributed by atoms with Crippen molar-refractivity contribution in [3.05, 3.63) is 29.3 Å². The summed E-state index contributed by atoms with van der Waals surface area (Å²) in [6, 6.07) is 5.65. The highest BCUT2D eigenvalue weighted by Gasteiger charge is 2.09. The molecule has 88 valence electrons. The van der Waals surface area contributed by atoms with Crippen LogP contribution in [-0.2, 0) is 4.74 Å². The summed E-state index contributed by atoms with van der Waals surface area (Å²) in [6.45, 7) is 4.50. The molecule has 3 N–H and O–H groups in total. The highest BCUT2D eigenvalue weighted by Crippen LogP contribution is 2.19. The second kappa shape index (κ2) is 5.51. The van der Waals surface area contributed by atoms with E-state index in [2.05, 4.69) is 5.32 Å². The Bertz CT molecular complexity index is 377. The molecule has 0 radical (unpaired) electrons. The predicted molar refractivity (Wildman–Crippen MR) is 64.7 cm³/mol. The number of carbonyl (C=O) groups excluding carboxylic acids is 1. The summed E-state index contributed by atoms with van der Waals surface area (Å²) in [5.74, 6) is -0.402. The molecule has 1 amide bonds. The van der Waals surface area contributed by atoms with Crippen molar-refractivity contribution in [1.82, 2.24) is 0 Å². The van der Waals surface area contributed by atoms with Gasteiger partial charge < -0.3 is 15.8 Å². The van der Waals surface area contributed by atoms with E-state index in [-0.39, 0.29) is 6.04 Å². The lowest BCUT2D eigenvalue weighted by Crippen LogP contribution is -2.22. The van der Waals surface area contributed by atoms with Crippen LogP contribution in [0.3, 0.4) is 0 Å². The molecule has 4 heteroatoms. The molecule has 0 aliphatic heterocycles. The molecule has 0 bridgehead atoms. The lowest BCUT2D eigenvalue weighted by molar-refractivity contribution is 0.1000. The molecule has 0 heterocycles. The van der Waals surface area contributed by atoms with Crippen LogP contribution in [0.4, 0.5) is 5.69 Å². The molecular formula is C12H18N2O2. The highest BCUT2D eigenvalue weighted by atomic mass is 16.5. The third kappa shape index (κ3) is 2.97. The summed E-state index contributed by atoms with van der Waals surface area (Å²) >= 11 is 0. The molecule has 0 aliphatic rings. The van der Waals surface area contributed by atoms with Crippen LogP contribution in [0.15, 0.2) is 18.2 Å². The maximum absolute atomic E-state index is 11.2. The molecule has 1 atom stereocenters. The monoisotopic (exact) mass is 222 g/mol. The van der Waals surface area contributed by atoms with Crippen molar-refractivity contribution >= 4 is 11.6 Å². The SMILES string of the molecule is COCC(C)Nc1cccc(C(N)=O)c1C. The molecule has 16 heavy (non-hydrogen) atoms. The van der Waals surface area contributed by atoms with Crippen molar-refractivity contribution in [2.24, 2.45) is 5.73 Å². The first-order valence-electron chi connectivity index (χ1n) is 5.21. The van der Waals surface area contributed by atoms with Crippen LogP contribution < -0.4 is 11.1 Å². The number of hydrogen-bond acceptors (Lipinski definition) is 3. The molecule has 0 aliphatic carbocycles. The first-order chi connectivity index (χ1) is 7.56. The van der Waals surface area contributed by atoms with E-state index in [0.29, 0.717) is 12.2 Å². The van der Waals surface area contributed by atoms with Gasteiger partial charge in [0.15, 0.2) is 0 Å². The van der Waals surface area contributed by atoms with Gasteiger partial charge in [-0.3, -0.25) is 4.79 Å². The second-order valence-corrected chi connectivity index (χ2v) is 3.84. The number of nitrogens with one attached hydrogen (secondary N) is 1. The van der Waals surface area contributed by atoms with Gasteiger partial charge in [0.25, 0.3) is 0 Å². The number of nitrogens with two attached hydrogens (primary N) is 1. The number of ether oxygens (including phenoxy) is 1. The van der Waals surface area contributed by atoms with Gasteiger partial charge in [0.1, 0.15) is 0 Å². The minimum absolute atomic E-state index is 0.187. The van der Waals surface area contributed by atoms with Crippen molar-refractivity contribution in [2.45, 2.75) is 19.9 Å². The maximum atomic E-state index is 11.2. The van der Waals surface area contributed by atoms with Crippen molar-refractivity contribution in [3.63, 3.8) is 0 Å². The number of methoxy groups -OCH3 is 1. The van der Waals surface area contributed by atoms with Gasteiger partial charge in [-0.1, -0.05) is 6.07 Å². The fourth-order valence-electron chi connectivity index (χ4n) is 1.62. The molecular weight excluding hydrogens is 204 g/mol. The van der Waals surface area contributed by atoms with Crippen molar-refractivity contribution in [2.75, 3.05) is 19.0 Å². The summed E-state index contributed by atoms with van der Waals surface area (Å²) in [4.78, 5) is 11.2. The molecule has 1 aromatic rings. The van der Waals surface area contributed by atoms with E-state index in [1.807, 2.05) is 26.0 Å². The molecule has 0 spiro atoms. The average Bonchev–Trinajstić information content (AvgIpc) is 2.21. The lowest BCUT2D eigenvalue weighted by atomic mass is 10.1. The fourth-order valence-corrected chi connectivity index (χ4v) is 1.62. The normalized spacial score (nSPS) is 12.2. The van der Waals surface area contributed by atoms with Gasteiger partial charge >= 0.3 is 0 Å². The van der Waals surface area contributed by atoms with Gasteiger partial charge in [0.2, 0.25) is 5.91 Å². The quantitative estimate of drug-likeness (QED) is 0.794. The third-order valence-electron chi connectivity index (χ3n) is 2.42. The number of carbonyl (C=O) groups is 1. The highest BCUT2D eigenvalue weighted by molar-refractivity contribution is 5.95. The second-order valence-electron chi connectivity index (χ2n) is 3.84. The van der Waals surface area contributed by atoms with E-state index in [1.54, 1.807) is 13.2 Å². The Morgan fingerprint density at radius 1 is 1.56 bits per heavy atom. The summed E-state index contributed by atoms with van der Waals surface area (Å²) in [5.41, 5.74) is 7.62. The number of rotatable bonds is 5. The molecule has 4 nitrogen and oxygen atoms in total. The zero-order valence-corrected chi connectivity index (χ0v) is 9.91. The van der Waals surface area contributed by atoms with Crippen molar-refractivity contribution in [1.29, 1.82) is 0 Å². The van der Waals surface area contributed by atoms with E-state index in [9.17, 15) is 4.79 Å². The summed E-state index contributed by atoms with van der Waals surface area (Å²) in [5, 5.41) is 3.27. The Balaban J connectivity index is 2.89. The number of hydrogen-bond donors (Lipinski definition) is 2. The van der Waals surface area contributed by atoms with Gasteiger partial charge in [0.05, 0.1) is 6.61 Å². The minimum atomic E-state index is -0.402. The Kier molecular flexibility index (Phi) is 4.31. The fraction of sp³-hybridized carbons (Fsp3) is 0.417. The Morgan fingerprint density at radius 3 is 2.81 bits per heavy atom. The molecule has 1 rings (SSSR count). The van der Waals surface area contributed by atoms with Crippen LogP contribution in [0.1, 0.15) is 22.8 Å². The van der Waals surface area contributed by atoms with Crippen molar-refractivity contribution in [3.8, 4) is 0 Å². The van der Waals surface area contributed by atoms with Crippen LogP contribution in [0.25, 0.3) is 0 Å². The van der Waals surface area contributed by atoms with Gasteiger partial charge in [-0.05, 0) is 31.5 Å². The van der Waals surface area contributed by atoms with Crippen LogP contribution in [0, 0.1) is 6.92 Å². The maximum Gasteiger partial charge on any atom is 0.249 e. The predicted octanol–water partition coefficient (Wildman–Crippen LogP) is 1.54. The van der Waals surface area contributed by atoms with Crippen LogP contribution in [-0.4, -0.2) is 25.7 Å². The first kappa shape index (κ1) is 12.5. The standard InChI is InChI=1S/C12H18N2O2/c1-8(7-16-3)14-11-6-4-5-10(9(11)2)12(13)15/h4-6,8,14H,7H2,1-3H3,(H2,13,15). The molecule has 0 saturated heterocycles. The average molecular weight is 222 g/mol. The first-order valence-corrected chi connectivity index (χ1v) is 5.21. The van der Waals surface area contributed by atoms with Crippen LogP contribution in [0.2, 0.25) is 0 Å². The Hall–Kier alpha value is -1.55. The largest absolute Gasteiger partial charge is 0.383 e. The molecule has 0 saturated carbocycles. The Morgan fingerprint density at radius 2 is 2.25 bits per heavy atom. The minimum Gasteiger partial charge on any atom is -0.383 e. The summed E-state index contributed by atoms with van der Waals surface area (Å²) in [6.07, 6.45) is 0. The Labute approximate surface area is 95.8 Å². The van der Waals surface area contributed by atoms with E-state index >= 15 is 0 Å². The third-order valence-corrected chi connectivity index (χ3v) is 2.42. The number of primary amides is 1. The van der Waals surface area contributed by atoms with Gasteiger partial charge in [-0.15, -0.1) is 0 Å². The zero-order valence-electron chi connectivity index (χ0n) is 9.91. The summed E-state index contributed by atoms with van der Waals surface area (Å²) < 4.78 is 5.04.